The van der Waals surface area contributed by atoms with Crippen molar-refractivity contribution in [3.05, 3.63) is 118 Å². The maximum Gasteiger partial charge on any atom is 0.315 e. The smallest absolute Gasteiger partial charge is 0.315 e. The van der Waals surface area contributed by atoms with E-state index < -0.39 is 5.92 Å². The average Bonchev–Trinajstić information content (AvgIpc) is 3.15. The molecular formula is C32H27NO4. The summed E-state index contributed by atoms with van der Waals surface area (Å²) in [7, 11) is 0. The molecular weight excluding hydrogens is 462 g/mol. The number of benzene rings is 3. The number of carbonyl (C=O) groups excluding carboxylic acids is 3. The molecule has 2 aliphatic carbocycles. The first-order valence-corrected chi connectivity index (χ1v) is 12.6. The van der Waals surface area contributed by atoms with Gasteiger partial charge in [-0.1, -0.05) is 80.6 Å². The van der Waals surface area contributed by atoms with E-state index in [0.29, 0.717) is 28.9 Å². The van der Waals surface area contributed by atoms with E-state index in [0.717, 1.165) is 34.5 Å². The van der Waals surface area contributed by atoms with Crippen molar-refractivity contribution in [2.45, 2.75) is 39.0 Å². The van der Waals surface area contributed by atoms with Crippen LogP contribution >= 0.6 is 0 Å². The number of esters is 1. The zero-order valence-corrected chi connectivity index (χ0v) is 20.8. The Bertz CT molecular complexity index is 1510. The van der Waals surface area contributed by atoms with Crippen molar-refractivity contribution >= 4 is 23.2 Å². The maximum atomic E-state index is 13.6. The zero-order chi connectivity index (χ0) is 25.7. The summed E-state index contributed by atoms with van der Waals surface area (Å²) in [6.07, 6.45) is 1.34. The van der Waals surface area contributed by atoms with Gasteiger partial charge in [-0.15, -0.1) is 0 Å². The molecule has 1 atom stereocenters. The number of Topliss-reactive ketones (excluding diaryl/α,β-unsaturated/α-hetero) is 2. The summed E-state index contributed by atoms with van der Waals surface area (Å²) in [5.41, 5.74) is 6.07. The van der Waals surface area contributed by atoms with Crippen LogP contribution in [0.4, 0.5) is 0 Å². The van der Waals surface area contributed by atoms with Gasteiger partial charge in [0, 0.05) is 40.3 Å². The molecule has 0 fully saturated rings. The summed E-state index contributed by atoms with van der Waals surface area (Å²) >= 11 is 0. The van der Waals surface area contributed by atoms with Crippen LogP contribution in [0.25, 0.3) is 5.70 Å². The number of dihydropyridines is 1. The number of allylic oxidation sites excluding steroid dienone is 3. The Hall–Kier alpha value is -4.25. The first kappa shape index (κ1) is 23.2. The van der Waals surface area contributed by atoms with Crippen molar-refractivity contribution in [1.82, 2.24) is 5.32 Å². The summed E-state index contributed by atoms with van der Waals surface area (Å²) in [4.78, 5) is 39.5. The Kier molecular flexibility index (Phi) is 5.45. The minimum Gasteiger partial charge on any atom is -0.426 e. The van der Waals surface area contributed by atoms with Crippen LogP contribution in [0, 0.1) is 5.41 Å². The van der Waals surface area contributed by atoms with E-state index >= 15 is 0 Å². The Morgan fingerprint density at radius 2 is 1.54 bits per heavy atom. The van der Waals surface area contributed by atoms with Crippen LogP contribution in [-0.4, -0.2) is 17.5 Å². The van der Waals surface area contributed by atoms with Gasteiger partial charge in [-0.05, 0) is 35.1 Å². The second kappa shape index (κ2) is 8.70. The highest BCUT2D eigenvalue weighted by atomic mass is 16.5. The van der Waals surface area contributed by atoms with E-state index in [-0.39, 0.29) is 29.4 Å². The Morgan fingerprint density at radius 1 is 0.865 bits per heavy atom. The fourth-order valence-electron chi connectivity index (χ4n) is 5.78. The molecule has 0 radical (unpaired) electrons. The van der Waals surface area contributed by atoms with Crippen molar-refractivity contribution in [2.24, 2.45) is 5.41 Å². The first-order chi connectivity index (χ1) is 17.8. The molecule has 3 aromatic carbocycles. The molecule has 0 unspecified atom stereocenters. The van der Waals surface area contributed by atoms with Crippen LogP contribution in [0.1, 0.15) is 59.7 Å². The quantitative estimate of drug-likeness (QED) is 0.372. The average molecular weight is 490 g/mol. The third kappa shape index (κ3) is 4.10. The normalized spacial score (nSPS) is 19.7. The number of ketones is 2. The molecule has 1 N–H and O–H groups in total. The van der Waals surface area contributed by atoms with E-state index in [1.54, 1.807) is 12.1 Å². The molecule has 3 aliphatic rings. The predicted octanol–water partition coefficient (Wildman–Crippen LogP) is 5.77. The fraction of sp³-hybridized carbons (Fsp3) is 0.219. The van der Waals surface area contributed by atoms with Gasteiger partial charge in [0.05, 0.1) is 12.1 Å². The lowest BCUT2D eigenvalue weighted by Crippen LogP contribution is -2.37. The lowest BCUT2D eigenvalue weighted by Gasteiger charge is -2.39. The number of ether oxygens (including phenoxy) is 1. The summed E-state index contributed by atoms with van der Waals surface area (Å²) in [6, 6.07) is 24.2. The van der Waals surface area contributed by atoms with Crippen molar-refractivity contribution in [3.8, 4) is 5.75 Å². The summed E-state index contributed by atoms with van der Waals surface area (Å²) < 4.78 is 5.56. The molecule has 0 saturated carbocycles. The van der Waals surface area contributed by atoms with E-state index in [2.05, 4.69) is 19.2 Å². The van der Waals surface area contributed by atoms with Gasteiger partial charge >= 0.3 is 5.97 Å². The zero-order valence-electron chi connectivity index (χ0n) is 20.8. The molecule has 5 nitrogen and oxygen atoms in total. The molecule has 1 aliphatic heterocycles. The van der Waals surface area contributed by atoms with E-state index in [4.69, 9.17) is 4.74 Å². The minimum atomic E-state index is -0.469. The van der Waals surface area contributed by atoms with Gasteiger partial charge in [0.25, 0.3) is 0 Å². The number of carbonyl (C=O) groups is 3. The lowest BCUT2D eigenvalue weighted by molar-refractivity contribution is -0.133. The largest absolute Gasteiger partial charge is 0.426 e. The fourth-order valence-corrected chi connectivity index (χ4v) is 5.78. The van der Waals surface area contributed by atoms with Gasteiger partial charge in [-0.3, -0.25) is 14.4 Å². The molecule has 1 heterocycles. The first-order valence-electron chi connectivity index (χ1n) is 12.6. The van der Waals surface area contributed by atoms with Crippen LogP contribution in [0.2, 0.25) is 0 Å². The van der Waals surface area contributed by atoms with Gasteiger partial charge in [0.1, 0.15) is 5.75 Å². The summed E-state index contributed by atoms with van der Waals surface area (Å²) in [5, 5.41) is 3.50. The minimum absolute atomic E-state index is 0.0503. The highest BCUT2D eigenvalue weighted by Gasteiger charge is 2.46. The molecule has 0 saturated heterocycles. The van der Waals surface area contributed by atoms with Crippen LogP contribution in [0.15, 0.2) is 95.7 Å². The highest BCUT2D eigenvalue weighted by molar-refractivity contribution is 6.23. The number of nitrogens with one attached hydrogen (secondary N) is 1. The second-order valence-electron chi connectivity index (χ2n) is 10.8. The monoisotopic (exact) mass is 489 g/mol. The molecule has 0 amide bonds. The van der Waals surface area contributed by atoms with Crippen molar-refractivity contribution in [3.63, 3.8) is 0 Å². The number of hydrogen-bond donors (Lipinski definition) is 1. The molecule has 3 aromatic rings. The number of fused-ring (bicyclic) bond motifs is 2. The third-order valence-electron chi connectivity index (χ3n) is 7.36. The highest BCUT2D eigenvalue weighted by Crippen LogP contribution is 2.51. The molecule has 184 valence electrons. The van der Waals surface area contributed by atoms with Crippen LogP contribution in [-0.2, 0) is 16.0 Å². The molecule has 5 heteroatoms. The molecule has 0 bridgehead atoms. The topological polar surface area (TPSA) is 72.5 Å². The van der Waals surface area contributed by atoms with Crippen LogP contribution in [0.5, 0.6) is 5.75 Å². The van der Waals surface area contributed by atoms with Crippen molar-refractivity contribution < 1.29 is 19.1 Å². The number of hydrogen-bond acceptors (Lipinski definition) is 5. The van der Waals surface area contributed by atoms with Gasteiger partial charge in [0.2, 0.25) is 0 Å². The molecule has 0 aromatic heterocycles. The Labute approximate surface area is 215 Å². The van der Waals surface area contributed by atoms with Gasteiger partial charge in [-0.25, -0.2) is 0 Å². The second-order valence-corrected chi connectivity index (χ2v) is 10.8. The Balaban J connectivity index is 1.35. The van der Waals surface area contributed by atoms with E-state index in [1.165, 1.54) is 0 Å². The van der Waals surface area contributed by atoms with E-state index in [1.807, 2.05) is 66.7 Å². The molecule has 37 heavy (non-hydrogen) atoms. The number of rotatable bonds is 4. The predicted molar refractivity (Wildman–Crippen MR) is 141 cm³/mol. The lowest BCUT2D eigenvalue weighted by atomic mass is 9.68. The standard InChI is InChI=1S/C32H27NO4/c1-32(2)17-24-28(25(34)18-32)27(29-30(33-24)22-10-6-7-11-23(22)31(29)36)20-12-14-21(15-13-20)37-26(35)16-19-8-4-3-5-9-19/h3-15,27,33H,16-18H2,1-2H3/t27-/m0/s1. The Morgan fingerprint density at radius 3 is 2.27 bits per heavy atom. The maximum absolute atomic E-state index is 13.6. The van der Waals surface area contributed by atoms with Gasteiger partial charge < -0.3 is 10.1 Å². The van der Waals surface area contributed by atoms with Crippen molar-refractivity contribution in [2.75, 3.05) is 0 Å². The summed E-state index contributed by atoms with van der Waals surface area (Å²) in [5.74, 6) is -0.368. The van der Waals surface area contributed by atoms with Gasteiger partial charge in [0.15, 0.2) is 11.6 Å². The molecule has 0 spiro atoms. The van der Waals surface area contributed by atoms with Crippen LogP contribution in [0.3, 0.4) is 0 Å². The molecule has 6 rings (SSSR count). The van der Waals surface area contributed by atoms with E-state index in [9.17, 15) is 14.4 Å². The SMILES string of the molecule is CC1(C)CC(=O)C2=C(C1)NC1=C(C(=O)c3ccccc31)[C@H]2c1ccc(OC(=O)Cc2ccccc2)cc1. The summed E-state index contributed by atoms with van der Waals surface area (Å²) in [6.45, 7) is 4.20. The van der Waals surface area contributed by atoms with Gasteiger partial charge in [-0.2, -0.15) is 0 Å². The van der Waals surface area contributed by atoms with Crippen LogP contribution < -0.4 is 10.1 Å². The van der Waals surface area contributed by atoms with Crippen molar-refractivity contribution in [1.29, 1.82) is 0 Å². The third-order valence-corrected chi connectivity index (χ3v) is 7.36.